The number of rotatable bonds is 7. The Balaban J connectivity index is 0.00000300. The SMILES string of the molecule is CN=C(NCCCN1CCN(c2ccccc2F)CC1)NCc1ncnn1C.I. The normalized spacial score (nSPS) is 15.1. The van der Waals surface area contributed by atoms with Crippen molar-refractivity contribution in [2.75, 3.05) is 51.2 Å². The van der Waals surface area contributed by atoms with Crippen molar-refractivity contribution in [3.63, 3.8) is 0 Å². The maximum Gasteiger partial charge on any atom is 0.191 e. The zero-order chi connectivity index (χ0) is 19.8. The van der Waals surface area contributed by atoms with Crippen LogP contribution in [0.25, 0.3) is 0 Å². The van der Waals surface area contributed by atoms with Crippen LogP contribution in [-0.4, -0.2) is 71.9 Å². The maximum absolute atomic E-state index is 13.9. The third-order valence-electron chi connectivity index (χ3n) is 4.95. The Kier molecular flexibility index (Phi) is 9.58. The van der Waals surface area contributed by atoms with Crippen LogP contribution in [0.1, 0.15) is 12.2 Å². The molecule has 0 amide bonds. The fourth-order valence-electron chi connectivity index (χ4n) is 3.29. The molecule has 2 heterocycles. The Hall–Kier alpha value is -1.95. The number of para-hydroxylation sites is 1. The summed E-state index contributed by atoms with van der Waals surface area (Å²) in [4.78, 5) is 13.0. The minimum Gasteiger partial charge on any atom is -0.367 e. The first-order valence-corrected chi connectivity index (χ1v) is 9.66. The van der Waals surface area contributed by atoms with Crippen LogP contribution < -0.4 is 15.5 Å². The fourth-order valence-corrected chi connectivity index (χ4v) is 3.29. The van der Waals surface area contributed by atoms with E-state index < -0.39 is 0 Å². The summed E-state index contributed by atoms with van der Waals surface area (Å²) in [6.45, 7) is 6.05. The van der Waals surface area contributed by atoms with Gasteiger partial charge in [0.05, 0.1) is 12.2 Å². The third kappa shape index (κ3) is 6.81. The van der Waals surface area contributed by atoms with Crippen molar-refractivity contribution in [2.45, 2.75) is 13.0 Å². The maximum atomic E-state index is 13.9. The van der Waals surface area contributed by atoms with Gasteiger partial charge in [-0.15, -0.1) is 24.0 Å². The van der Waals surface area contributed by atoms with E-state index >= 15 is 0 Å². The molecule has 1 aliphatic rings. The minimum atomic E-state index is -0.139. The Morgan fingerprint density at radius 3 is 2.59 bits per heavy atom. The highest BCUT2D eigenvalue weighted by Crippen LogP contribution is 2.20. The van der Waals surface area contributed by atoms with Gasteiger partial charge in [-0.25, -0.2) is 9.37 Å². The van der Waals surface area contributed by atoms with Gasteiger partial charge in [0.15, 0.2) is 5.96 Å². The molecule has 0 unspecified atom stereocenters. The second kappa shape index (κ2) is 11.9. The summed E-state index contributed by atoms with van der Waals surface area (Å²) in [5.74, 6) is 1.48. The lowest BCUT2D eigenvalue weighted by atomic mass is 10.2. The number of aliphatic imine (C=N–C) groups is 1. The summed E-state index contributed by atoms with van der Waals surface area (Å²) >= 11 is 0. The van der Waals surface area contributed by atoms with Crippen LogP contribution >= 0.6 is 24.0 Å². The topological polar surface area (TPSA) is 73.6 Å². The first kappa shape index (κ1) is 23.3. The molecule has 0 radical (unpaired) electrons. The van der Waals surface area contributed by atoms with Crippen molar-refractivity contribution in [1.29, 1.82) is 0 Å². The zero-order valence-electron chi connectivity index (χ0n) is 17.0. The highest BCUT2D eigenvalue weighted by Gasteiger charge is 2.18. The monoisotopic (exact) mass is 516 g/mol. The van der Waals surface area contributed by atoms with Gasteiger partial charge in [0.25, 0.3) is 0 Å². The molecule has 2 aromatic rings. The number of aromatic nitrogens is 3. The second-order valence-electron chi connectivity index (χ2n) is 6.79. The second-order valence-corrected chi connectivity index (χ2v) is 6.79. The van der Waals surface area contributed by atoms with E-state index in [1.165, 1.54) is 6.07 Å². The Morgan fingerprint density at radius 1 is 1.17 bits per heavy atom. The highest BCUT2D eigenvalue weighted by atomic mass is 127. The molecule has 3 rings (SSSR count). The number of hydrogen-bond acceptors (Lipinski definition) is 5. The number of benzene rings is 1. The lowest BCUT2D eigenvalue weighted by Gasteiger charge is -2.36. The lowest BCUT2D eigenvalue weighted by molar-refractivity contribution is 0.254. The lowest BCUT2D eigenvalue weighted by Crippen LogP contribution is -2.47. The summed E-state index contributed by atoms with van der Waals surface area (Å²) in [5, 5.41) is 10.6. The van der Waals surface area contributed by atoms with Crippen molar-refractivity contribution in [1.82, 2.24) is 30.3 Å². The Morgan fingerprint density at radius 2 is 1.93 bits per heavy atom. The summed E-state index contributed by atoms with van der Waals surface area (Å²) in [7, 11) is 3.63. The van der Waals surface area contributed by atoms with Crippen LogP contribution in [0.4, 0.5) is 10.1 Å². The van der Waals surface area contributed by atoms with Gasteiger partial charge < -0.3 is 15.5 Å². The average molecular weight is 516 g/mol. The molecule has 0 aliphatic carbocycles. The predicted molar refractivity (Wildman–Crippen MR) is 124 cm³/mol. The van der Waals surface area contributed by atoms with Crippen LogP contribution in [0.5, 0.6) is 0 Å². The number of anilines is 1. The zero-order valence-corrected chi connectivity index (χ0v) is 19.3. The fraction of sp³-hybridized carbons (Fsp3) is 0.526. The first-order chi connectivity index (χ1) is 13.7. The Bertz CT molecular complexity index is 773. The molecule has 29 heavy (non-hydrogen) atoms. The van der Waals surface area contributed by atoms with Crippen molar-refractivity contribution in [3.8, 4) is 0 Å². The van der Waals surface area contributed by atoms with E-state index in [1.54, 1.807) is 24.1 Å². The molecule has 1 aromatic carbocycles. The third-order valence-corrected chi connectivity index (χ3v) is 4.95. The van der Waals surface area contributed by atoms with Crippen molar-refractivity contribution >= 4 is 35.6 Å². The van der Waals surface area contributed by atoms with Gasteiger partial charge in [0, 0.05) is 46.8 Å². The molecule has 1 aliphatic heterocycles. The van der Waals surface area contributed by atoms with Gasteiger partial charge in [0.1, 0.15) is 18.0 Å². The van der Waals surface area contributed by atoms with Gasteiger partial charge >= 0.3 is 0 Å². The summed E-state index contributed by atoms with van der Waals surface area (Å²) in [6, 6.07) is 7.01. The molecular weight excluding hydrogens is 486 g/mol. The Labute approximate surface area is 188 Å². The molecule has 1 fully saturated rings. The molecule has 160 valence electrons. The van der Waals surface area contributed by atoms with Gasteiger partial charge in [-0.05, 0) is 25.1 Å². The molecule has 10 heteroatoms. The van der Waals surface area contributed by atoms with E-state index in [0.717, 1.165) is 57.5 Å². The molecule has 0 saturated carbocycles. The summed E-state index contributed by atoms with van der Waals surface area (Å²) in [6.07, 6.45) is 2.56. The van der Waals surface area contributed by atoms with Crippen LogP contribution in [0, 0.1) is 5.82 Å². The highest BCUT2D eigenvalue weighted by molar-refractivity contribution is 14.0. The number of halogens is 2. The van der Waals surface area contributed by atoms with Gasteiger partial charge in [-0.3, -0.25) is 14.6 Å². The number of nitrogens with one attached hydrogen (secondary N) is 2. The number of piperazine rings is 1. The number of hydrogen-bond donors (Lipinski definition) is 2. The van der Waals surface area contributed by atoms with E-state index in [9.17, 15) is 4.39 Å². The van der Waals surface area contributed by atoms with Gasteiger partial charge in [-0.1, -0.05) is 12.1 Å². The molecule has 0 bridgehead atoms. The predicted octanol–water partition coefficient (Wildman–Crippen LogP) is 1.45. The van der Waals surface area contributed by atoms with E-state index in [0.29, 0.717) is 12.2 Å². The molecule has 0 spiro atoms. The van der Waals surface area contributed by atoms with Crippen molar-refractivity contribution in [2.24, 2.45) is 12.0 Å². The molecule has 2 N–H and O–H groups in total. The summed E-state index contributed by atoms with van der Waals surface area (Å²) in [5.41, 5.74) is 0.710. The molecule has 0 atom stereocenters. The van der Waals surface area contributed by atoms with Gasteiger partial charge in [0.2, 0.25) is 0 Å². The van der Waals surface area contributed by atoms with Crippen LogP contribution in [-0.2, 0) is 13.6 Å². The van der Waals surface area contributed by atoms with E-state index in [-0.39, 0.29) is 29.8 Å². The smallest absolute Gasteiger partial charge is 0.191 e. The number of nitrogens with zero attached hydrogens (tertiary/aromatic N) is 6. The van der Waals surface area contributed by atoms with Crippen LogP contribution in [0.15, 0.2) is 35.6 Å². The summed E-state index contributed by atoms with van der Waals surface area (Å²) < 4.78 is 15.7. The number of guanidine groups is 1. The average Bonchev–Trinajstić information content (AvgIpc) is 3.13. The minimum absolute atomic E-state index is 0. The van der Waals surface area contributed by atoms with E-state index in [1.807, 2.05) is 19.2 Å². The standard InChI is InChI=1S/C19H29FN8.HI/c1-21-19(23-14-18-24-15-25-26(18)2)22-8-5-9-27-10-12-28(13-11-27)17-7-4-3-6-16(17)20;/h3-4,6-7,15H,5,8-14H2,1-2H3,(H2,21,22,23);1H. The first-order valence-electron chi connectivity index (χ1n) is 9.66. The van der Waals surface area contributed by atoms with Crippen LogP contribution in [0.3, 0.4) is 0 Å². The van der Waals surface area contributed by atoms with Crippen LogP contribution in [0.2, 0.25) is 0 Å². The van der Waals surface area contributed by atoms with Crippen molar-refractivity contribution < 1.29 is 4.39 Å². The molecule has 8 nitrogen and oxygen atoms in total. The van der Waals surface area contributed by atoms with Crippen molar-refractivity contribution in [3.05, 3.63) is 42.2 Å². The molecule has 1 aromatic heterocycles. The van der Waals surface area contributed by atoms with E-state index in [4.69, 9.17) is 0 Å². The van der Waals surface area contributed by atoms with Gasteiger partial charge in [-0.2, -0.15) is 5.10 Å². The number of aryl methyl sites for hydroxylation is 1. The molecular formula is C19H30FIN8. The van der Waals surface area contributed by atoms with E-state index in [2.05, 4.69) is 35.5 Å². The quantitative estimate of drug-likeness (QED) is 0.251. The molecule has 1 saturated heterocycles. The largest absolute Gasteiger partial charge is 0.367 e.